The standard InChI is InChI=1S/C33H32N2O5/c36-29-18-16-26(17-19-29)22-31(37)35-30(21-25-12-6-2-7-13-25)33(39)40-23-28(20-24-10-4-1-5-11-24)34-32(38)27-14-8-3-9-15-27/h1-19,28,30,36H,20-23H2,(H,34,38)(H,35,37)/t28-,30-/m0/s1. The van der Waals surface area contributed by atoms with Crippen LogP contribution in [0, 0.1) is 0 Å². The maximum atomic E-state index is 13.3. The van der Waals surface area contributed by atoms with Gasteiger partial charge in [0.05, 0.1) is 12.5 Å². The molecule has 0 aromatic heterocycles. The molecule has 4 aromatic carbocycles. The number of carbonyl (C=O) groups excluding carboxylic acids is 3. The normalized spacial score (nSPS) is 12.1. The Morgan fingerprint density at radius 1 is 0.650 bits per heavy atom. The molecule has 2 atom stereocenters. The lowest BCUT2D eigenvalue weighted by molar-refractivity contribution is -0.148. The van der Waals surface area contributed by atoms with Crippen LogP contribution in [0.3, 0.4) is 0 Å². The van der Waals surface area contributed by atoms with Gasteiger partial charge in [-0.1, -0.05) is 91.0 Å². The summed E-state index contributed by atoms with van der Waals surface area (Å²) in [6.45, 7) is -0.0641. The Kier molecular flexibility index (Phi) is 10.0. The predicted molar refractivity (Wildman–Crippen MR) is 153 cm³/mol. The van der Waals surface area contributed by atoms with Crippen LogP contribution in [-0.4, -0.2) is 41.6 Å². The van der Waals surface area contributed by atoms with Crippen molar-refractivity contribution in [2.24, 2.45) is 0 Å². The minimum Gasteiger partial charge on any atom is -0.508 e. The number of hydrogen-bond donors (Lipinski definition) is 3. The Hall–Kier alpha value is -4.91. The summed E-state index contributed by atoms with van der Waals surface area (Å²) in [4.78, 5) is 39.0. The van der Waals surface area contributed by atoms with Gasteiger partial charge in [-0.3, -0.25) is 9.59 Å². The second-order valence-corrected chi connectivity index (χ2v) is 9.51. The van der Waals surface area contributed by atoms with E-state index in [0.29, 0.717) is 17.5 Å². The maximum Gasteiger partial charge on any atom is 0.329 e. The zero-order chi connectivity index (χ0) is 28.2. The highest BCUT2D eigenvalue weighted by Gasteiger charge is 2.25. The zero-order valence-corrected chi connectivity index (χ0v) is 22.0. The van der Waals surface area contributed by atoms with Gasteiger partial charge >= 0.3 is 5.97 Å². The second-order valence-electron chi connectivity index (χ2n) is 9.51. The summed E-state index contributed by atoms with van der Waals surface area (Å²) in [6.07, 6.45) is 0.757. The molecule has 0 fully saturated rings. The molecule has 7 heteroatoms. The van der Waals surface area contributed by atoms with Gasteiger partial charge in [0.25, 0.3) is 5.91 Å². The van der Waals surface area contributed by atoms with Gasteiger partial charge in [0, 0.05) is 12.0 Å². The predicted octanol–water partition coefficient (Wildman–Crippen LogP) is 4.25. The van der Waals surface area contributed by atoms with Gasteiger partial charge in [0.1, 0.15) is 18.4 Å². The van der Waals surface area contributed by atoms with E-state index in [9.17, 15) is 19.5 Å². The summed E-state index contributed by atoms with van der Waals surface area (Å²) < 4.78 is 5.71. The average molecular weight is 537 g/mol. The fraction of sp³-hybridized carbons (Fsp3) is 0.182. The highest BCUT2D eigenvalue weighted by Crippen LogP contribution is 2.12. The number of nitrogens with one attached hydrogen (secondary N) is 2. The summed E-state index contributed by atoms with van der Waals surface area (Å²) in [5.74, 6) is -1.09. The van der Waals surface area contributed by atoms with Crippen LogP contribution in [0.5, 0.6) is 5.75 Å². The summed E-state index contributed by atoms with van der Waals surface area (Å²) in [7, 11) is 0. The lowest BCUT2D eigenvalue weighted by Gasteiger charge is -2.22. The lowest BCUT2D eigenvalue weighted by atomic mass is 10.0. The quantitative estimate of drug-likeness (QED) is 0.235. The molecule has 4 rings (SSSR count). The molecule has 0 bridgehead atoms. The topological polar surface area (TPSA) is 105 Å². The zero-order valence-electron chi connectivity index (χ0n) is 22.0. The van der Waals surface area contributed by atoms with Crippen molar-refractivity contribution in [1.29, 1.82) is 0 Å². The Balaban J connectivity index is 1.45. The molecular formula is C33H32N2O5. The van der Waals surface area contributed by atoms with Gasteiger partial charge in [0.2, 0.25) is 5.91 Å². The number of aromatic hydroxyl groups is 1. The fourth-order valence-corrected chi connectivity index (χ4v) is 4.28. The molecule has 0 heterocycles. The first-order chi connectivity index (χ1) is 19.5. The van der Waals surface area contributed by atoms with Crippen LogP contribution in [0.15, 0.2) is 115 Å². The molecule has 2 amide bonds. The average Bonchev–Trinajstić information content (AvgIpc) is 2.98. The number of rotatable bonds is 12. The van der Waals surface area contributed by atoms with Gasteiger partial charge in [-0.25, -0.2) is 4.79 Å². The highest BCUT2D eigenvalue weighted by atomic mass is 16.5. The first-order valence-corrected chi connectivity index (χ1v) is 13.1. The fourth-order valence-electron chi connectivity index (χ4n) is 4.28. The van der Waals surface area contributed by atoms with Crippen molar-refractivity contribution in [1.82, 2.24) is 10.6 Å². The monoisotopic (exact) mass is 536 g/mol. The molecular weight excluding hydrogens is 504 g/mol. The van der Waals surface area contributed by atoms with E-state index >= 15 is 0 Å². The van der Waals surface area contributed by atoms with Gasteiger partial charge in [-0.15, -0.1) is 0 Å². The van der Waals surface area contributed by atoms with E-state index in [0.717, 1.165) is 11.1 Å². The third-order valence-corrected chi connectivity index (χ3v) is 6.33. The number of benzene rings is 4. The van der Waals surface area contributed by atoms with E-state index in [2.05, 4.69) is 10.6 Å². The first kappa shape index (κ1) is 28.1. The lowest BCUT2D eigenvalue weighted by Crippen LogP contribution is -2.46. The number of phenolic OH excluding ortho intramolecular Hbond substituents is 1. The van der Waals surface area contributed by atoms with Crippen molar-refractivity contribution >= 4 is 17.8 Å². The first-order valence-electron chi connectivity index (χ1n) is 13.1. The summed E-state index contributed by atoms with van der Waals surface area (Å²) in [6, 6.07) is 32.8. The number of ether oxygens (including phenoxy) is 1. The molecule has 0 aliphatic rings. The SMILES string of the molecule is O=C(Cc1ccc(O)cc1)N[C@@H](Cc1ccccc1)C(=O)OC[C@H](Cc1ccccc1)NC(=O)c1ccccc1. The molecule has 0 saturated carbocycles. The van der Waals surface area contributed by atoms with Gasteiger partial charge < -0.3 is 20.5 Å². The minimum atomic E-state index is -0.922. The Morgan fingerprint density at radius 2 is 1.20 bits per heavy atom. The van der Waals surface area contributed by atoms with Gasteiger partial charge in [0.15, 0.2) is 0 Å². The van der Waals surface area contributed by atoms with E-state index in [1.165, 1.54) is 12.1 Å². The van der Waals surface area contributed by atoms with Crippen molar-refractivity contribution in [2.45, 2.75) is 31.3 Å². The van der Waals surface area contributed by atoms with Gasteiger partial charge in [-0.05, 0) is 47.4 Å². The van der Waals surface area contributed by atoms with Crippen LogP contribution in [0.4, 0.5) is 0 Å². The molecule has 0 radical (unpaired) electrons. The van der Waals surface area contributed by atoms with Crippen LogP contribution >= 0.6 is 0 Å². The molecule has 0 unspecified atom stereocenters. The third kappa shape index (κ3) is 8.84. The molecule has 0 aliphatic carbocycles. The summed E-state index contributed by atoms with van der Waals surface area (Å²) >= 11 is 0. The van der Waals surface area contributed by atoms with E-state index in [-0.39, 0.29) is 37.0 Å². The second kappa shape index (κ2) is 14.3. The minimum absolute atomic E-state index is 0.0443. The molecule has 204 valence electrons. The number of carbonyl (C=O) groups is 3. The molecule has 4 aromatic rings. The van der Waals surface area contributed by atoms with Crippen molar-refractivity contribution in [3.05, 3.63) is 138 Å². The van der Waals surface area contributed by atoms with Crippen LogP contribution in [0.2, 0.25) is 0 Å². The smallest absolute Gasteiger partial charge is 0.329 e. The van der Waals surface area contributed by atoms with Gasteiger partial charge in [-0.2, -0.15) is 0 Å². The molecule has 40 heavy (non-hydrogen) atoms. The van der Waals surface area contributed by atoms with Crippen LogP contribution in [-0.2, 0) is 33.6 Å². The van der Waals surface area contributed by atoms with E-state index in [1.807, 2.05) is 66.7 Å². The number of phenols is 1. The molecule has 0 saturated heterocycles. The van der Waals surface area contributed by atoms with E-state index < -0.39 is 18.1 Å². The highest BCUT2D eigenvalue weighted by molar-refractivity contribution is 5.94. The molecule has 0 aliphatic heterocycles. The number of esters is 1. The van der Waals surface area contributed by atoms with Crippen molar-refractivity contribution in [3.63, 3.8) is 0 Å². The largest absolute Gasteiger partial charge is 0.508 e. The van der Waals surface area contributed by atoms with Crippen molar-refractivity contribution in [3.8, 4) is 5.75 Å². The molecule has 3 N–H and O–H groups in total. The molecule has 0 spiro atoms. The molecule has 7 nitrogen and oxygen atoms in total. The van der Waals surface area contributed by atoms with E-state index in [1.54, 1.807) is 36.4 Å². The van der Waals surface area contributed by atoms with Crippen molar-refractivity contribution < 1.29 is 24.2 Å². The number of hydrogen-bond acceptors (Lipinski definition) is 5. The third-order valence-electron chi connectivity index (χ3n) is 6.33. The Labute approximate surface area is 233 Å². The summed E-state index contributed by atoms with van der Waals surface area (Å²) in [5.41, 5.74) is 3.07. The number of amides is 2. The van der Waals surface area contributed by atoms with Crippen LogP contribution in [0.1, 0.15) is 27.0 Å². The van der Waals surface area contributed by atoms with E-state index in [4.69, 9.17) is 4.74 Å². The van der Waals surface area contributed by atoms with Crippen molar-refractivity contribution in [2.75, 3.05) is 6.61 Å². The van der Waals surface area contributed by atoms with Crippen LogP contribution < -0.4 is 10.6 Å². The van der Waals surface area contributed by atoms with Crippen LogP contribution in [0.25, 0.3) is 0 Å². The Bertz CT molecular complexity index is 1380. The summed E-state index contributed by atoms with van der Waals surface area (Å²) in [5, 5.41) is 15.3. The maximum absolute atomic E-state index is 13.3. The Morgan fingerprint density at radius 3 is 1.80 bits per heavy atom.